The van der Waals surface area contributed by atoms with Crippen LogP contribution in [0.25, 0.3) is 10.6 Å². The van der Waals surface area contributed by atoms with E-state index in [0.29, 0.717) is 0 Å². The molecule has 2 N–H and O–H groups in total. The zero-order valence-corrected chi connectivity index (χ0v) is 14.1. The van der Waals surface area contributed by atoms with Gasteiger partial charge in [-0.1, -0.05) is 28.9 Å². The first kappa shape index (κ1) is 14.4. The molecule has 2 heterocycles. The Balaban J connectivity index is 1.79. The minimum atomic E-state index is 0.762. The van der Waals surface area contributed by atoms with Crippen molar-refractivity contribution in [2.75, 3.05) is 5.32 Å². The smallest absolute Gasteiger partial charge is 0.0799 e. The number of anilines is 1. The van der Waals surface area contributed by atoms with Crippen LogP contribution < -0.4 is 5.32 Å². The summed E-state index contributed by atoms with van der Waals surface area (Å²) in [6.07, 6.45) is 2.90. The van der Waals surface area contributed by atoms with Gasteiger partial charge in [-0.25, -0.2) is 0 Å². The van der Waals surface area contributed by atoms with Crippen molar-refractivity contribution in [3.63, 3.8) is 0 Å². The van der Waals surface area contributed by atoms with Gasteiger partial charge in [-0.2, -0.15) is 5.10 Å². The molecule has 0 radical (unpaired) electrons. The molecular weight excluding hydrogens is 346 g/mol. The Morgan fingerprint density at radius 1 is 1.29 bits per heavy atom. The van der Waals surface area contributed by atoms with Gasteiger partial charge in [0.1, 0.15) is 0 Å². The number of aryl methyl sites for hydroxylation is 1. The van der Waals surface area contributed by atoms with Crippen molar-refractivity contribution in [1.29, 1.82) is 0 Å². The molecule has 0 saturated heterocycles. The molecule has 0 aliphatic carbocycles. The van der Waals surface area contributed by atoms with E-state index in [4.69, 9.17) is 0 Å². The minimum Gasteiger partial charge on any atom is -0.381 e. The second-order valence-corrected chi connectivity index (χ2v) is 6.62. The maximum Gasteiger partial charge on any atom is 0.0799 e. The third-order valence-corrected chi connectivity index (χ3v) is 4.78. The normalized spacial score (nSPS) is 10.8. The summed E-state index contributed by atoms with van der Waals surface area (Å²) in [6.45, 7) is 2.93. The largest absolute Gasteiger partial charge is 0.381 e. The van der Waals surface area contributed by atoms with E-state index < -0.39 is 0 Å². The fraction of sp³-hybridized carbons (Fsp3) is 0.188. The number of benzene rings is 1. The molecule has 1 aromatic carbocycles. The van der Waals surface area contributed by atoms with Crippen LogP contribution in [0.1, 0.15) is 18.1 Å². The van der Waals surface area contributed by atoms with Crippen molar-refractivity contribution in [3.05, 3.63) is 57.5 Å². The number of hydrogen-bond acceptors (Lipinski definition) is 3. The van der Waals surface area contributed by atoms with Crippen LogP contribution in [-0.2, 0) is 13.0 Å². The number of aromatic amines is 1. The van der Waals surface area contributed by atoms with Crippen molar-refractivity contribution in [1.82, 2.24) is 10.2 Å². The van der Waals surface area contributed by atoms with Crippen LogP contribution >= 0.6 is 27.3 Å². The Bertz CT molecular complexity index is 719. The molecule has 3 aromatic rings. The average Bonchev–Trinajstić information content (AvgIpc) is 3.16. The van der Waals surface area contributed by atoms with E-state index in [1.54, 1.807) is 11.3 Å². The number of nitrogens with zero attached hydrogens (tertiary/aromatic N) is 1. The number of rotatable bonds is 5. The highest BCUT2D eigenvalue weighted by Gasteiger charge is 2.09. The van der Waals surface area contributed by atoms with Gasteiger partial charge in [0.15, 0.2) is 0 Å². The Morgan fingerprint density at radius 2 is 2.19 bits per heavy atom. The fourth-order valence-electron chi connectivity index (χ4n) is 2.30. The zero-order valence-electron chi connectivity index (χ0n) is 11.7. The molecule has 0 spiro atoms. The second-order valence-electron chi connectivity index (χ2n) is 4.76. The predicted molar refractivity (Wildman–Crippen MR) is 92.7 cm³/mol. The van der Waals surface area contributed by atoms with Crippen LogP contribution in [-0.4, -0.2) is 10.2 Å². The van der Waals surface area contributed by atoms with E-state index in [1.807, 2.05) is 6.20 Å². The van der Waals surface area contributed by atoms with Crippen molar-refractivity contribution < 1.29 is 0 Å². The summed E-state index contributed by atoms with van der Waals surface area (Å²) in [4.78, 5) is 1.22. The van der Waals surface area contributed by atoms with Crippen LogP contribution in [0, 0.1) is 0 Å². The van der Waals surface area contributed by atoms with Crippen molar-refractivity contribution in [2.45, 2.75) is 19.9 Å². The van der Waals surface area contributed by atoms with Gasteiger partial charge in [-0.05, 0) is 41.6 Å². The van der Waals surface area contributed by atoms with Gasteiger partial charge in [0.2, 0.25) is 0 Å². The summed E-state index contributed by atoms with van der Waals surface area (Å²) in [5, 5.41) is 12.9. The molecule has 0 aliphatic heterocycles. The standard InChI is InChI=1S/C16H16BrN3S/c1-2-11-8-13(17)5-6-14(11)18-9-12-10-19-20-16(12)15-4-3-7-21-15/h3-8,10,18H,2,9H2,1H3,(H,19,20). The van der Waals surface area contributed by atoms with E-state index in [1.165, 1.54) is 21.7 Å². The van der Waals surface area contributed by atoms with Gasteiger partial charge in [0, 0.05) is 22.3 Å². The molecule has 3 rings (SSSR count). The average molecular weight is 362 g/mol. The number of hydrogen-bond donors (Lipinski definition) is 2. The summed E-state index contributed by atoms with van der Waals surface area (Å²) < 4.78 is 1.12. The summed E-state index contributed by atoms with van der Waals surface area (Å²) in [5.74, 6) is 0. The Hall–Kier alpha value is -1.59. The Labute approximate surface area is 136 Å². The SMILES string of the molecule is CCc1cc(Br)ccc1NCc1cn[nH]c1-c1cccs1. The van der Waals surface area contributed by atoms with E-state index >= 15 is 0 Å². The first-order chi connectivity index (χ1) is 10.3. The molecular formula is C16H16BrN3S. The van der Waals surface area contributed by atoms with E-state index in [2.05, 4.69) is 74.1 Å². The Morgan fingerprint density at radius 3 is 2.95 bits per heavy atom. The van der Waals surface area contributed by atoms with Crippen LogP contribution in [0.3, 0.4) is 0 Å². The monoisotopic (exact) mass is 361 g/mol. The van der Waals surface area contributed by atoms with E-state index in [-0.39, 0.29) is 0 Å². The lowest BCUT2D eigenvalue weighted by atomic mass is 10.1. The first-order valence-electron chi connectivity index (χ1n) is 6.86. The summed E-state index contributed by atoms with van der Waals surface area (Å²) in [6, 6.07) is 10.5. The lowest BCUT2D eigenvalue weighted by molar-refractivity contribution is 1.09. The molecule has 21 heavy (non-hydrogen) atoms. The molecule has 0 amide bonds. The summed E-state index contributed by atoms with van der Waals surface area (Å²) >= 11 is 5.24. The topological polar surface area (TPSA) is 40.7 Å². The lowest BCUT2D eigenvalue weighted by Crippen LogP contribution is -2.02. The molecule has 3 nitrogen and oxygen atoms in total. The summed E-state index contributed by atoms with van der Waals surface area (Å²) in [7, 11) is 0. The van der Waals surface area contributed by atoms with Gasteiger partial charge in [0.25, 0.3) is 0 Å². The highest BCUT2D eigenvalue weighted by atomic mass is 79.9. The molecule has 0 aliphatic rings. The third-order valence-electron chi connectivity index (χ3n) is 3.40. The minimum absolute atomic E-state index is 0.762. The molecule has 0 fully saturated rings. The maximum absolute atomic E-state index is 4.18. The Kier molecular flexibility index (Phi) is 4.41. The highest BCUT2D eigenvalue weighted by Crippen LogP contribution is 2.27. The van der Waals surface area contributed by atoms with Gasteiger partial charge in [-0.3, -0.25) is 5.10 Å². The summed E-state index contributed by atoms with van der Waals surface area (Å²) in [5.41, 5.74) is 4.78. The highest BCUT2D eigenvalue weighted by molar-refractivity contribution is 9.10. The van der Waals surface area contributed by atoms with E-state index in [0.717, 1.165) is 23.1 Å². The lowest BCUT2D eigenvalue weighted by Gasteiger charge is -2.11. The molecule has 2 aromatic heterocycles. The van der Waals surface area contributed by atoms with Crippen LogP contribution in [0.2, 0.25) is 0 Å². The predicted octanol–water partition coefficient (Wildman–Crippen LogP) is 5.08. The molecule has 5 heteroatoms. The second kappa shape index (κ2) is 6.45. The fourth-order valence-corrected chi connectivity index (χ4v) is 3.46. The number of H-pyrrole nitrogens is 1. The third kappa shape index (κ3) is 3.19. The van der Waals surface area contributed by atoms with Gasteiger partial charge < -0.3 is 5.32 Å². The number of aromatic nitrogens is 2. The van der Waals surface area contributed by atoms with Gasteiger partial charge in [0.05, 0.1) is 16.8 Å². The first-order valence-corrected chi connectivity index (χ1v) is 8.53. The molecule has 0 saturated carbocycles. The molecule has 0 atom stereocenters. The van der Waals surface area contributed by atoms with Crippen molar-refractivity contribution >= 4 is 33.0 Å². The van der Waals surface area contributed by atoms with Crippen molar-refractivity contribution in [3.8, 4) is 10.6 Å². The van der Waals surface area contributed by atoms with Gasteiger partial charge >= 0.3 is 0 Å². The van der Waals surface area contributed by atoms with Crippen molar-refractivity contribution in [2.24, 2.45) is 0 Å². The van der Waals surface area contributed by atoms with Crippen LogP contribution in [0.5, 0.6) is 0 Å². The molecule has 108 valence electrons. The molecule has 0 bridgehead atoms. The van der Waals surface area contributed by atoms with E-state index in [9.17, 15) is 0 Å². The quantitative estimate of drug-likeness (QED) is 0.665. The van der Waals surface area contributed by atoms with Gasteiger partial charge in [-0.15, -0.1) is 11.3 Å². The molecule has 0 unspecified atom stereocenters. The number of thiophene rings is 1. The number of nitrogens with one attached hydrogen (secondary N) is 2. The number of halogens is 1. The maximum atomic E-state index is 4.18. The zero-order chi connectivity index (χ0) is 14.7. The van der Waals surface area contributed by atoms with Crippen LogP contribution in [0.15, 0.2) is 46.4 Å². The van der Waals surface area contributed by atoms with Crippen LogP contribution in [0.4, 0.5) is 5.69 Å².